The van der Waals surface area contributed by atoms with E-state index in [1.807, 2.05) is 36.4 Å². The third kappa shape index (κ3) is 3.78. The van der Waals surface area contributed by atoms with Crippen LogP contribution in [-0.2, 0) is 6.42 Å². The molecule has 1 nitrogen and oxygen atoms in total. The average Bonchev–Trinajstić information content (AvgIpc) is 2.28. The predicted octanol–water partition coefficient (Wildman–Crippen LogP) is 5.33. The summed E-state index contributed by atoms with van der Waals surface area (Å²) >= 11 is 5.93. The minimum atomic E-state index is 0.645. The Labute approximate surface area is 113 Å². The lowest BCUT2D eigenvalue weighted by Crippen LogP contribution is -1.94. The quantitative estimate of drug-likeness (QED) is 0.722. The molecule has 0 aliphatic rings. The Balaban J connectivity index is 2.14. The average molecular weight is 261 g/mol. The van der Waals surface area contributed by atoms with Gasteiger partial charge in [0.2, 0.25) is 0 Å². The first-order chi connectivity index (χ1) is 8.63. The first kappa shape index (κ1) is 13.0. The topological polar surface area (TPSA) is 9.23 Å². The molecule has 0 atom stereocenters. The van der Waals surface area contributed by atoms with Crippen LogP contribution >= 0.6 is 11.6 Å². The van der Waals surface area contributed by atoms with Gasteiger partial charge < -0.3 is 4.74 Å². The standard InChI is InChI=1S/C16H17ClO/c1-12(2)9-13-5-3-7-15(10-13)18-16-8-4-6-14(17)11-16/h3-8,10-12H,9H2,1-2H3. The summed E-state index contributed by atoms with van der Waals surface area (Å²) in [5.41, 5.74) is 1.30. The van der Waals surface area contributed by atoms with Crippen LogP contribution in [0, 0.1) is 5.92 Å². The fourth-order valence-electron chi connectivity index (χ4n) is 1.87. The van der Waals surface area contributed by atoms with Crippen LogP contribution < -0.4 is 4.74 Å². The number of hydrogen-bond donors (Lipinski definition) is 0. The normalized spacial score (nSPS) is 10.7. The Morgan fingerprint density at radius 3 is 2.33 bits per heavy atom. The van der Waals surface area contributed by atoms with Crippen molar-refractivity contribution in [3.8, 4) is 11.5 Å². The van der Waals surface area contributed by atoms with Crippen molar-refractivity contribution in [3.63, 3.8) is 0 Å². The van der Waals surface area contributed by atoms with Gasteiger partial charge in [-0.3, -0.25) is 0 Å². The number of ether oxygens (including phenoxy) is 1. The van der Waals surface area contributed by atoms with E-state index in [0.717, 1.165) is 17.9 Å². The molecule has 0 radical (unpaired) electrons. The van der Waals surface area contributed by atoms with E-state index in [4.69, 9.17) is 16.3 Å². The zero-order valence-corrected chi connectivity index (χ0v) is 11.4. The Bertz CT molecular complexity index is 520. The maximum absolute atomic E-state index is 5.93. The molecule has 94 valence electrons. The van der Waals surface area contributed by atoms with E-state index in [1.165, 1.54) is 5.56 Å². The molecule has 0 saturated carbocycles. The molecule has 0 heterocycles. The van der Waals surface area contributed by atoms with Gasteiger partial charge in [0.1, 0.15) is 11.5 Å². The second kappa shape index (κ2) is 5.92. The third-order valence-corrected chi connectivity index (χ3v) is 2.81. The molecule has 2 rings (SSSR count). The highest BCUT2D eigenvalue weighted by molar-refractivity contribution is 6.30. The van der Waals surface area contributed by atoms with Gasteiger partial charge in [-0.2, -0.15) is 0 Å². The molecule has 0 fully saturated rings. The van der Waals surface area contributed by atoms with Gasteiger partial charge in [0, 0.05) is 5.02 Å². The second-order valence-electron chi connectivity index (χ2n) is 4.80. The second-order valence-corrected chi connectivity index (χ2v) is 5.24. The van der Waals surface area contributed by atoms with Crippen LogP contribution in [0.25, 0.3) is 0 Å². The number of rotatable bonds is 4. The van der Waals surface area contributed by atoms with E-state index in [0.29, 0.717) is 10.9 Å². The number of halogens is 1. The van der Waals surface area contributed by atoms with Gasteiger partial charge in [0.05, 0.1) is 0 Å². The largest absolute Gasteiger partial charge is 0.457 e. The summed E-state index contributed by atoms with van der Waals surface area (Å²) in [5.74, 6) is 2.27. The zero-order chi connectivity index (χ0) is 13.0. The highest BCUT2D eigenvalue weighted by Gasteiger charge is 2.01. The summed E-state index contributed by atoms with van der Waals surface area (Å²) < 4.78 is 5.80. The van der Waals surface area contributed by atoms with Gasteiger partial charge in [-0.05, 0) is 48.2 Å². The molecule has 0 bridgehead atoms. The third-order valence-electron chi connectivity index (χ3n) is 2.57. The Morgan fingerprint density at radius 1 is 1.00 bits per heavy atom. The van der Waals surface area contributed by atoms with Crippen LogP contribution in [0.15, 0.2) is 48.5 Å². The van der Waals surface area contributed by atoms with Crippen LogP contribution in [-0.4, -0.2) is 0 Å². The molecule has 0 aliphatic heterocycles. The molecule has 2 heteroatoms. The SMILES string of the molecule is CC(C)Cc1cccc(Oc2cccc(Cl)c2)c1. The van der Waals surface area contributed by atoms with Crippen molar-refractivity contribution in [1.29, 1.82) is 0 Å². The van der Waals surface area contributed by atoms with Crippen LogP contribution in [0.3, 0.4) is 0 Å². The molecule has 18 heavy (non-hydrogen) atoms. The van der Waals surface area contributed by atoms with Crippen LogP contribution in [0.1, 0.15) is 19.4 Å². The molecule has 2 aromatic rings. The highest BCUT2D eigenvalue weighted by atomic mass is 35.5. The first-order valence-corrected chi connectivity index (χ1v) is 6.53. The first-order valence-electron chi connectivity index (χ1n) is 6.16. The molecule has 0 N–H and O–H groups in total. The molecular weight excluding hydrogens is 244 g/mol. The lowest BCUT2D eigenvalue weighted by atomic mass is 10.0. The van der Waals surface area contributed by atoms with Gasteiger partial charge >= 0.3 is 0 Å². The lowest BCUT2D eigenvalue weighted by molar-refractivity contribution is 0.481. The van der Waals surface area contributed by atoms with E-state index in [2.05, 4.69) is 26.0 Å². The summed E-state index contributed by atoms with van der Waals surface area (Å²) in [6.45, 7) is 4.43. The van der Waals surface area contributed by atoms with Crippen LogP contribution in [0.4, 0.5) is 0 Å². The van der Waals surface area contributed by atoms with E-state index >= 15 is 0 Å². The van der Waals surface area contributed by atoms with Crippen molar-refractivity contribution >= 4 is 11.6 Å². The molecule has 0 aromatic heterocycles. The molecule has 0 unspecified atom stereocenters. The molecular formula is C16H17ClO. The minimum absolute atomic E-state index is 0.645. The van der Waals surface area contributed by atoms with Gasteiger partial charge in [-0.1, -0.05) is 43.6 Å². The summed E-state index contributed by atoms with van der Waals surface area (Å²) in [6, 6.07) is 15.6. The van der Waals surface area contributed by atoms with Gasteiger partial charge in [-0.25, -0.2) is 0 Å². The fraction of sp³-hybridized carbons (Fsp3) is 0.250. The summed E-state index contributed by atoms with van der Waals surface area (Å²) in [7, 11) is 0. The van der Waals surface area contributed by atoms with E-state index in [-0.39, 0.29) is 0 Å². The lowest BCUT2D eigenvalue weighted by Gasteiger charge is -2.09. The molecule has 0 spiro atoms. The number of benzene rings is 2. The molecule has 0 saturated heterocycles. The summed E-state index contributed by atoms with van der Waals surface area (Å²) in [6.07, 6.45) is 1.06. The predicted molar refractivity (Wildman–Crippen MR) is 76.5 cm³/mol. The van der Waals surface area contributed by atoms with E-state index < -0.39 is 0 Å². The van der Waals surface area contributed by atoms with Crippen molar-refractivity contribution in [3.05, 3.63) is 59.1 Å². The molecule has 0 aliphatic carbocycles. The van der Waals surface area contributed by atoms with E-state index in [9.17, 15) is 0 Å². The van der Waals surface area contributed by atoms with Crippen LogP contribution in [0.5, 0.6) is 11.5 Å². The summed E-state index contributed by atoms with van der Waals surface area (Å²) in [5, 5.41) is 0.686. The van der Waals surface area contributed by atoms with Crippen molar-refractivity contribution in [2.24, 2.45) is 5.92 Å². The van der Waals surface area contributed by atoms with E-state index in [1.54, 1.807) is 0 Å². The van der Waals surface area contributed by atoms with Gasteiger partial charge in [0.25, 0.3) is 0 Å². The van der Waals surface area contributed by atoms with Crippen molar-refractivity contribution < 1.29 is 4.74 Å². The smallest absolute Gasteiger partial charge is 0.128 e. The van der Waals surface area contributed by atoms with Crippen LogP contribution in [0.2, 0.25) is 5.02 Å². The van der Waals surface area contributed by atoms with Crippen molar-refractivity contribution in [2.45, 2.75) is 20.3 Å². The monoisotopic (exact) mass is 260 g/mol. The van der Waals surface area contributed by atoms with Gasteiger partial charge in [-0.15, -0.1) is 0 Å². The maximum Gasteiger partial charge on any atom is 0.128 e. The zero-order valence-electron chi connectivity index (χ0n) is 10.7. The van der Waals surface area contributed by atoms with Gasteiger partial charge in [0.15, 0.2) is 0 Å². The highest BCUT2D eigenvalue weighted by Crippen LogP contribution is 2.25. The Hall–Kier alpha value is -1.47. The summed E-state index contributed by atoms with van der Waals surface area (Å²) in [4.78, 5) is 0. The number of hydrogen-bond acceptors (Lipinski definition) is 1. The maximum atomic E-state index is 5.93. The molecule has 2 aromatic carbocycles. The van der Waals surface area contributed by atoms with Crippen molar-refractivity contribution in [1.82, 2.24) is 0 Å². The fourth-order valence-corrected chi connectivity index (χ4v) is 2.05. The minimum Gasteiger partial charge on any atom is -0.457 e. The molecule has 0 amide bonds. The van der Waals surface area contributed by atoms with Crippen molar-refractivity contribution in [2.75, 3.05) is 0 Å². The Morgan fingerprint density at radius 2 is 1.67 bits per heavy atom. The Kier molecular flexibility index (Phi) is 4.27.